The number of imidazole rings is 1. The summed E-state index contributed by atoms with van der Waals surface area (Å²) >= 11 is 0. The summed E-state index contributed by atoms with van der Waals surface area (Å²) in [7, 11) is 0. The van der Waals surface area contributed by atoms with Crippen molar-refractivity contribution in [3.8, 4) is 28.4 Å². The summed E-state index contributed by atoms with van der Waals surface area (Å²) in [5.41, 5.74) is 10.2. The van der Waals surface area contributed by atoms with Gasteiger partial charge in [0.25, 0.3) is 5.91 Å². The summed E-state index contributed by atoms with van der Waals surface area (Å²) in [6, 6.07) is 20.2. The molecule has 2 aromatic heterocycles. The maximum absolute atomic E-state index is 11.9. The van der Waals surface area contributed by atoms with Gasteiger partial charge in [-0.2, -0.15) is 0 Å². The molecule has 35 heavy (non-hydrogen) atoms. The van der Waals surface area contributed by atoms with Crippen LogP contribution in [0.15, 0.2) is 85.5 Å². The molecule has 5 rings (SSSR count). The van der Waals surface area contributed by atoms with Gasteiger partial charge in [0.05, 0.1) is 35.3 Å². The number of benzene rings is 3. The molecule has 0 spiro atoms. The molecule has 0 fully saturated rings. The second-order valence-electron chi connectivity index (χ2n) is 7.94. The lowest BCUT2D eigenvalue weighted by molar-refractivity contribution is 0.0696. The van der Waals surface area contributed by atoms with Crippen LogP contribution in [0, 0.1) is 0 Å². The number of rotatable bonds is 7. The first-order chi connectivity index (χ1) is 17.0. The number of hydrogen-bond acceptors (Lipinski definition) is 4. The van der Waals surface area contributed by atoms with Gasteiger partial charge >= 0.3 is 5.97 Å². The highest BCUT2D eigenvalue weighted by molar-refractivity contribution is 5.98. The first-order valence-electron chi connectivity index (χ1n) is 11.0. The Morgan fingerprint density at radius 2 is 1.77 bits per heavy atom. The molecule has 0 aliphatic heterocycles. The van der Waals surface area contributed by atoms with E-state index < -0.39 is 11.9 Å². The van der Waals surface area contributed by atoms with Crippen LogP contribution in [0.1, 0.15) is 27.6 Å². The number of nitrogens with two attached hydrogens (primary N) is 1. The molecule has 0 atom stereocenters. The minimum absolute atomic E-state index is 0.178. The van der Waals surface area contributed by atoms with E-state index in [9.17, 15) is 14.7 Å². The molecule has 3 N–H and O–H groups in total. The van der Waals surface area contributed by atoms with Crippen LogP contribution in [-0.4, -0.2) is 37.7 Å². The Morgan fingerprint density at radius 1 is 1.00 bits per heavy atom. The van der Waals surface area contributed by atoms with E-state index in [4.69, 9.17) is 10.5 Å². The lowest BCUT2D eigenvalue weighted by atomic mass is 10.1. The lowest BCUT2D eigenvalue weighted by Gasteiger charge is -2.15. The predicted octanol–water partition coefficient (Wildman–Crippen LogP) is 4.68. The third-order valence-corrected chi connectivity index (χ3v) is 5.81. The van der Waals surface area contributed by atoms with Crippen LogP contribution in [0.3, 0.4) is 0 Å². The zero-order valence-electron chi connectivity index (χ0n) is 18.9. The number of carboxylic acids is 1. The number of aromatic carboxylic acids is 1. The van der Waals surface area contributed by atoms with Gasteiger partial charge in [-0.25, -0.2) is 9.78 Å². The molecule has 174 valence electrons. The molecule has 0 aliphatic carbocycles. The van der Waals surface area contributed by atoms with Crippen molar-refractivity contribution < 1.29 is 19.4 Å². The van der Waals surface area contributed by atoms with Crippen molar-refractivity contribution in [1.82, 2.24) is 14.1 Å². The van der Waals surface area contributed by atoms with Gasteiger partial charge in [0.2, 0.25) is 0 Å². The van der Waals surface area contributed by atoms with E-state index in [-0.39, 0.29) is 11.1 Å². The van der Waals surface area contributed by atoms with Crippen molar-refractivity contribution >= 4 is 22.8 Å². The first kappa shape index (κ1) is 22.0. The molecule has 1 amide bonds. The van der Waals surface area contributed by atoms with Gasteiger partial charge in [0.1, 0.15) is 5.75 Å². The topological polar surface area (TPSA) is 112 Å². The van der Waals surface area contributed by atoms with Gasteiger partial charge in [-0.3, -0.25) is 4.79 Å². The molecular weight excluding hydrogens is 444 g/mol. The molecule has 0 bridgehead atoms. The Bertz CT molecular complexity index is 1550. The first-order valence-corrected chi connectivity index (χ1v) is 11.0. The summed E-state index contributed by atoms with van der Waals surface area (Å²) in [5, 5.41) is 10.4. The second kappa shape index (κ2) is 8.83. The number of primary amides is 1. The molecule has 0 radical (unpaired) electrons. The molecule has 0 saturated carbocycles. The Hall–Kier alpha value is -4.85. The van der Waals surface area contributed by atoms with E-state index in [1.54, 1.807) is 48.9 Å². The fraction of sp³-hybridized carbons (Fsp3) is 0.0741. The fourth-order valence-electron chi connectivity index (χ4n) is 4.17. The standard InChI is InChI=1S/C27H22N4O4/c1-2-35-25-15-21(9-10-22(25)26(28)32)31-23(13-18-3-4-19(27(33)34)14-24(18)31)17-5-7-20(8-6-17)30-12-11-29-16-30/h3-16H,2H2,1H3,(H2,28,32)(H,33,34). The highest BCUT2D eigenvalue weighted by Gasteiger charge is 2.18. The predicted molar refractivity (Wildman–Crippen MR) is 132 cm³/mol. The zero-order valence-corrected chi connectivity index (χ0v) is 18.9. The number of nitrogens with zero attached hydrogens (tertiary/aromatic N) is 3. The Labute approximate surface area is 200 Å². The van der Waals surface area contributed by atoms with Gasteiger partial charge in [0, 0.05) is 35.2 Å². The highest BCUT2D eigenvalue weighted by atomic mass is 16.5. The van der Waals surface area contributed by atoms with E-state index >= 15 is 0 Å². The van der Waals surface area contributed by atoms with Crippen molar-refractivity contribution in [1.29, 1.82) is 0 Å². The number of fused-ring (bicyclic) bond motifs is 1. The monoisotopic (exact) mass is 466 g/mol. The van der Waals surface area contributed by atoms with Gasteiger partial charge in [-0.1, -0.05) is 18.2 Å². The smallest absolute Gasteiger partial charge is 0.335 e. The number of carbonyl (C=O) groups is 2. The average molecular weight is 466 g/mol. The highest BCUT2D eigenvalue weighted by Crippen LogP contribution is 2.34. The average Bonchev–Trinajstić information content (AvgIpc) is 3.52. The molecule has 5 aromatic rings. The number of aromatic nitrogens is 3. The third kappa shape index (κ3) is 4.02. The van der Waals surface area contributed by atoms with Gasteiger partial charge in [-0.05, 0) is 55.0 Å². The number of hydrogen-bond donors (Lipinski definition) is 2. The van der Waals surface area contributed by atoms with Crippen molar-refractivity contribution in [3.63, 3.8) is 0 Å². The number of carboxylic acid groups (broad SMARTS) is 1. The van der Waals surface area contributed by atoms with Crippen molar-refractivity contribution in [2.45, 2.75) is 6.92 Å². The number of carbonyl (C=O) groups excluding carboxylic acids is 1. The molecule has 8 heteroatoms. The van der Waals surface area contributed by atoms with Crippen LogP contribution in [0.4, 0.5) is 0 Å². The molecular formula is C27H22N4O4. The van der Waals surface area contributed by atoms with Crippen molar-refractivity contribution in [2.75, 3.05) is 6.61 Å². The molecule has 0 saturated heterocycles. The summed E-state index contributed by atoms with van der Waals surface area (Å²) in [6.07, 6.45) is 5.32. The van der Waals surface area contributed by atoms with E-state index in [0.29, 0.717) is 23.6 Å². The lowest BCUT2D eigenvalue weighted by Crippen LogP contribution is -2.13. The number of ether oxygens (including phenoxy) is 1. The summed E-state index contributed by atoms with van der Waals surface area (Å²) in [5.74, 6) is -1.22. The fourth-order valence-corrected chi connectivity index (χ4v) is 4.17. The quantitative estimate of drug-likeness (QED) is 0.362. The zero-order chi connectivity index (χ0) is 24.5. The largest absolute Gasteiger partial charge is 0.493 e. The Kier molecular flexibility index (Phi) is 5.54. The number of amides is 1. The molecule has 0 unspecified atom stereocenters. The minimum atomic E-state index is -1.01. The van der Waals surface area contributed by atoms with E-state index in [1.807, 2.05) is 52.6 Å². The van der Waals surface area contributed by atoms with Crippen molar-refractivity contribution in [2.24, 2.45) is 5.73 Å². The maximum atomic E-state index is 11.9. The van der Waals surface area contributed by atoms with Crippen LogP contribution in [0.2, 0.25) is 0 Å². The molecule has 3 aromatic carbocycles. The van der Waals surface area contributed by atoms with Crippen LogP contribution in [-0.2, 0) is 0 Å². The maximum Gasteiger partial charge on any atom is 0.335 e. The van der Waals surface area contributed by atoms with Crippen LogP contribution in [0.5, 0.6) is 5.75 Å². The van der Waals surface area contributed by atoms with E-state index in [0.717, 1.165) is 22.3 Å². The van der Waals surface area contributed by atoms with Crippen molar-refractivity contribution in [3.05, 3.63) is 96.6 Å². The third-order valence-electron chi connectivity index (χ3n) is 5.81. The normalized spacial score (nSPS) is 11.0. The molecule has 2 heterocycles. The summed E-state index contributed by atoms with van der Waals surface area (Å²) in [4.78, 5) is 27.7. The van der Waals surface area contributed by atoms with Crippen LogP contribution in [0.25, 0.3) is 33.5 Å². The van der Waals surface area contributed by atoms with Gasteiger partial charge in [0.15, 0.2) is 0 Å². The Balaban J connectivity index is 1.73. The van der Waals surface area contributed by atoms with Crippen LogP contribution < -0.4 is 10.5 Å². The van der Waals surface area contributed by atoms with E-state index in [2.05, 4.69) is 4.98 Å². The van der Waals surface area contributed by atoms with Gasteiger partial charge in [-0.15, -0.1) is 0 Å². The molecule has 0 aliphatic rings. The Morgan fingerprint density at radius 3 is 2.43 bits per heavy atom. The molecule has 8 nitrogen and oxygen atoms in total. The second-order valence-corrected chi connectivity index (χ2v) is 7.94. The summed E-state index contributed by atoms with van der Waals surface area (Å²) in [6.45, 7) is 2.19. The van der Waals surface area contributed by atoms with Gasteiger partial charge < -0.3 is 24.7 Å². The SMILES string of the molecule is CCOc1cc(-n2c(-c3ccc(-n4ccnc4)cc3)cc3ccc(C(=O)O)cc32)ccc1C(N)=O. The van der Waals surface area contributed by atoms with E-state index in [1.165, 1.54) is 0 Å². The van der Waals surface area contributed by atoms with Crippen LogP contribution >= 0.6 is 0 Å². The summed E-state index contributed by atoms with van der Waals surface area (Å²) < 4.78 is 9.57. The minimum Gasteiger partial charge on any atom is -0.493 e.